The SMILES string of the molecule is CCOC(=O)C(C)NC(=O)COCC(=O)NCCCCOC. The number of nitrogens with one attached hydrogen (secondary N) is 2. The van der Waals surface area contributed by atoms with Gasteiger partial charge in [-0.1, -0.05) is 0 Å². The van der Waals surface area contributed by atoms with Crippen molar-refractivity contribution < 1.29 is 28.6 Å². The van der Waals surface area contributed by atoms with Gasteiger partial charge in [0.25, 0.3) is 0 Å². The van der Waals surface area contributed by atoms with Gasteiger partial charge in [-0.15, -0.1) is 0 Å². The quantitative estimate of drug-likeness (QED) is 0.375. The molecule has 0 spiro atoms. The number of hydrogen-bond donors (Lipinski definition) is 2. The van der Waals surface area contributed by atoms with Gasteiger partial charge in [-0.25, -0.2) is 4.79 Å². The lowest BCUT2D eigenvalue weighted by atomic mass is 10.3. The van der Waals surface area contributed by atoms with Crippen LogP contribution in [0.1, 0.15) is 26.7 Å². The minimum absolute atomic E-state index is 0.203. The van der Waals surface area contributed by atoms with E-state index in [1.165, 1.54) is 6.92 Å². The smallest absolute Gasteiger partial charge is 0.328 e. The standard InChI is InChI=1S/C14H26N2O6/c1-4-22-14(19)11(2)16-13(18)10-21-9-12(17)15-7-5-6-8-20-3/h11H,4-10H2,1-3H3,(H,15,17)(H,16,18). The predicted molar refractivity (Wildman–Crippen MR) is 79.2 cm³/mol. The molecule has 0 heterocycles. The number of carbonyl (C=O) groups is 3. The van der Waals surface area contributed by atoms with Gasteiger partial charge in [-0.05, 0) is 26.7 Å². The topological polar surface area (TPSA) is 103 Å². The minimum Gasteiger partial charge on any atom is -0.464 e. The molecule has 2 N–H and O–H groups in total. The maximum atomic E-state index is 11.5. The Hall–Kier alpha value is -1.67. The van der Waals surface area contributed by atoms with Crippen LogP contribution in [0, 0.1) is 0 Å². The molecule has 1 unspecified atom stereocenters. The van der Waals surface area contributed by atoms with Crippen LogP contribution in [0.5, 0.6) is 0 Å². The molecule has 22 heavy (non-hydrogen) atoms. The number of amides is 2. The van der Waals surface area contributed by atoms with E-state index in [4.69, 9.17) is 14.2 Å². The Balaban J connectivity index is 3.66. The van der Waals surface area contributed by atoms with Crippen molar-refractivity contribution in [2.24, 2.45) is 0 Å². The zero-order valence-corrected chi connectivity index (χ0v) is 13.5. The number of esters is 1. The van der Waals surface area contributed by atoms with Crippen molar-refractivity contribution in [2.45, 2.75) is 32.7 Å². The second-order valence-electron chi connectivity index (χ2n) is 4.58. The molecule has 0 aliphatic heterocycles. The summed E-state index contributed by atoms with van der Waals surface area (Å²) in [5.41, 5.74) is 0. The maximum Gasteiger partial charge on any atom is 0.328 e. The molecular weight excluding hydrogens is 292 g/mol. The van der Waals surface area contributed by atoms with Crippen LogP contribution in [-0.2, 0) is 28.6 Å². The Morgan fingerprint density at radius 3 is 2.41 bits per heavy atom. The van der Waals surface area contributed by atoms with Crippen molar-refractivity contribution in [3.8, 4) is 0 Å². The summed E-state index contributed by atoms with van der Waals surface area (Å²) in [4.78, 5) is 34.2. The molecule has 0 aromatic heterocycles. The van der Waals surface area contributed by atoms with Crippen molar-refractivity contribution in [1.29, 1.82) is 0 Å². The zero-order chi connectivity index (χ0) is 16.8. The lowest BCUT2D eigenvalue weighted by molar-refractivity contribution is -0.147. The third kappa shape index (κ3) is 11.0. The predicted octanol–water partition coefficient (Wildman–Crippen LogP) is -0.386. The summed E-state index contributed by atoms with van der Waals surface area (Å²) in [6.07, 6.45) is 1.68. The summed E-state index contributed by atoms with van der Waals surface area (Å²) in [5, 5.41) is 5.09. The Labute approximate surface area is 130 Å². The average Bonchev–Trinajstić information content (AvgIpc) is 2.47. The molecule has 0 bridgehead atoms. The van der Waals surface area contributed by atoms with E-state index in [0.717, 1.165) is 12.8 Å². The molecule has 0 aromatic rings. The molecule has 2 amide bonds. The van der Waals surface area contributed by atoms with E-state index < -0.39 is 17.9 Å². The summed E-state index contributed by atoms with van der Waals surface area (Å²) in [6.45, 7) is 4.15. The number of carbonyl (C=O) groups excluding carboxylic acids is 3. The van der Waals surface area contributed by atoms with Gasteiger partial charge < -0.3 is 24.8 Å². The second kappa shape index (κ2) is 13.0. The molecule has 8 heteroatoms. The summed E-state index contributed by atoms with van der Waals surface area (Å²) in [7, 11) is 1.63. The van der Waals surface area contributed by atoms with Crippen molar-refractivity contribution in [3.63, 3.8) is 0 Å². The monoisotopic (exact) mass is 318 g/mol. The van der Waals surface area contributed by atoms with E-state index in [2.05, 4.69) is 10.6 Å². The van der Waals surface area contributed by atoms with Gasteiger partial charge in [-0.3, -0.25) is 9.59 Å². The fourth-order valence-electron chi connectivity index (χ4n) is 1.50. The van der Waals surface area contributed by atoms with E-state index in [1.54, 1.807) is 14.0 Å². The Morgan fingerprint density at radius 1 is 1.09 bits per heavy atom. The molecule has 0 fully saturated rings. The fraction of sp³-hybridized carbons (Fsp3) is 0.786. The largest absolute Gasteiger partial charge is 0.464 e. The van der Waals surface area contributed by atoms with Crippen molar-refractivity contribution in [1.82, 2.24) is 10.6 Å². The molecule has 0 aromatic carbocycles. The summed E-state index contributed by atoms with van der Waals surface area (Å²) in [5.74, 6) is -1.28. The molecular formula is C14H26N2O6. The highest BCUT2D eigenvalue weighted by atomic mass is 16.5. The van der Waals surface area contributed by atoms with E-state index in [1.807, 2.05) is 0 Å². The van der Waals surface area contributed by atoms with Crippen LogP contribution >= 0.6 is 0 Å². The third-order valence-electron chi connectivity index (χ3n) is 2.58. The van der Waals surface area contributed by atoms with Crippen molar-refractivity contribution >= 4 is 17.8 Å². The normalized spacial score (nSPS) is 11.6. The maximum absolute atomic E-state index is 11.5. The average molecular weight is 318 g/mol. The van der Waals surface area contributed by atoms with Crippen LogP contribution < -0.4 is 10.6 Å². The fourth-order valence-corrected chi connectivity index (χ4v) is 1.50. The van der Waals surface area contributed by atoms with Gasteiger partial charge in [0.15, 0.2) is 0 Å². The van der Waals surface area contributed by atoms with Gasteiger partial charge in [0.05, 0.1) is 6.61 Å². The summed E-state index contributed by atoms with van der Waals surface area (Å²) in [6, 6.07) is -0.745. The number of rotatable bonds is 12. The van der Waals surface area contributed by atoms with Crippen molar-refractivity contribution in [2.75, 3.05) is 40.1 Å². The number of unbranched alkanes of at least 4 members (excludes halogenated alkanes) is 1. The highest BCUT2D eigenvalue weighted by molar-refractivity contribution is 5.85. The molecule has 8 nitrogen and oxygen atoms in total. The number of methoxy groups -OCH3 is 1. The van der Waals surface area contributed by atoms with Crippen LogP contribution in [-0.4, -0.2) is 63.9 Å². The first-order chi connectivity index (χ1) is 10.5. The van der Waals surface area contributed by atoms with E-state index in [-0.39, 0.29) is 25.7 Å². The first kappa shape index (κ1) is 20.3. The van der Waals surface area contributed by atoms with Gasteiger partial charge in [0, 0.05) is 20.3 Å². The van der Waals surface area contributed by atoms with Crippen LogP contribution in [0.15, 0.2) is 0 Å². The summed E-state index contributed by atoms with van der Waals surface area (Å²) >= 11 is 0. The molecule has 0 radical (unpaired) electrons. The molecule has 1 atom stereocenters. The van der Waals surface area contributed by atoms with Crippen LogP contribution in [0.3, 0.4) is 0 Å². The van der Waals surface area contributed by atoms with Gasteiger partial charge in [0.1, 0.15) is 19.3 Å². The van der Waals surface area contributed by atoms with E-state index in [9.17, 15) is 14.4 Å². The van der Waals surface area contributed by atoms with Gasteiger partial charge >= 0.3 is 5.97 Å². The van der Waals surface area contributed by atoms with Crippen LogP contribution in [0.25, 0.3) is 0 Å². The van der Waals surface area contributed by atoms with Crippen LogP contribution in [0.4, 0.5) is 0 Å². The van der Waals surface area contributed by atoms with E-state index in [0.29, 0.717) is 13.2 Å². The lowest BCUT2D eigenvalue weighted by Gasteiger charge is -2.12. The van der Waals surface area contributed by atoms with E-state index >= 15 is 0 Å². The van der Waals surface area contributed by atoms with Crippen molar-refractivity contribution in [3.05, 3.63) is 0 Å². The summed E-state index contributed by atoms with van der Waals surface area (Å²) < 4.78 is 14.6. The minimum atomic E-state index is -0.745. The molecule has 0 rings (SSSR count). The van der Waals surface area contributed by atoms with Gasteiger partial charge in [-0.2, -0.15) is 0 Å². The zero-order valence-electron chi connectivity index (χ0n) is 13.5. The lowest BCUT2D eigenvalue weighted by Crippen LogP contribution is -2.41. The highest BCUT2D eigenvalue weighted by Crippen LogP contribution is 1.89. The molecule has 128 valence electrons. The number of ether oxygens (including phenoxy) is 3. The Kier molecular flexibility index (Phi) is 12.0. The molecule has 0 aliphatic carbocycles. The second-order valence-corrected chi connectivity index (χ2v) is 4.58. The Bertz CT molecular complexity index is 348. The highest BCUT2D eigenvalue weighted by Gasteiger charge is 2.16. The first-order valence-electron chi connectivity index (χ1n) is 7.30. The molecule has 0 aliphatic rings. The first-order valence-corrected chi connectivity index (χ1v) is 7.30. The van der Waals surface area contributed by atoms with Crippen LogP contribution in [0.2, 0.25) is 0 Å². The third-order valence-corrected chi connectivity index (χ3v) is 2.58. The van der Waals surface area contributed by atoms with Gasteiger partial charge in [0.2, 0.25) is 11.8 Å². The Morgan fingerprint density at radius 2 is 1.77 bits per heavy atom. The number of hydrogen-bond acceptors (Lipinski definition) is 6. The molecule has 0 saturated heterocycles. The molecule has 0 saturated carbocycles.